The van der Waals surface area contributed by atoms with Gasteiger partial charge in [0.25, 0.3) is 0 Å². The number of esters is 2. The number of hydrogen-bond donors (Lipinski definition) is 0. The van der Waals surface area contributed by atoms with Crippen molar-refractivity contribution < 1.29 is 19.1 Å². The normalized spacial score (nSPS) is 10.8. The molecule has 0 heterocycles. The molecule has 0 unspecified atom stereocenters. The lowest BCUT2D eigenvalue weighted by molar-refractivity contribution is -0.137. The van der Waals surface area contributed by atoms with Crippen LogP contribution in [0.15, 0.2) is 18.2 Å². The maximum atomic E-state index is 12.2. The summed E-state index contributed by atoms with van der Waals surface area (Å²) in [6.45, 7) is 4.40. The first-order valence-electron chi connectivity index (χ1n) is 12.3. The second-order valence-corrected chi connectivity index (χ2v) is 8.72. The third-order valence-electron chi connectivity index (χ3n) is 5.32. The number of ether oxygens (including phenoxy) is 2. The van der Waals surface area contributed by atoms with Crippen molar-refractivity contribution in [2.24, 2.45) is 0 Å². The molecule has 0 bridgehead atoms. The van der Waals surface area contributed by atoms with E-state index in [2.05, 4.69) is 13.8 Å². The zero-order valence-corrected chi connectivity index (χ0v) is 20.3. The molecule has 0 aliphatic rings. The molecule has 4 nitrogen and oxygen atoms in total. The van der Waals surface area contributed by atoms with Crippen molar-refractivity contribution in [3.8, 4) is 11.5 Å². The minimum Gasteiger partial charge on any atom is -0.423 e. The number of halogens is 1. The largest absolute Gasteiger partial charge is 0.423 e. The Bertz CT molecular complexity index is 630. The molecule has 0 N–H and O–H groups in total. The summed E-state index contributed by atoms with van der Waals surface area (Å²) < 4.78 is 10.9. The molecular formula is C26H41ClO4. The summed E-state index contributed by atoms with van der Waals surface area (Å²) in [4.78, 5) is 24.4. The lowest BCUT2D eigenvalue weighted by Crippen LogP contribution is -2.12. The zero-order valence-electron chi connectivity index (χ0n) is 19.6. The van der Waals surface area contributed by atoms with Gasteiger partial charge < -0.3 is 9.47 Å². The highest BCUT2D eigenvalue weighted by molar-refractivity contribution is 6.30. The Morgan fingerprint density at radius 1 is 0.645 bits per heavy atom. The fourth-order valence-corrected chi connectivity index (χ4v) is 3.61. The first kappa shape index (κ1) is 27.5. The molecule has 0 radical (unpaired) electrons. The van der Waals surface area contributed by atoms with Crippen molar-refractivity contribution in [3.05, 3.63) is 23.2 Å². The Balaban J connectivity index is 2.36. The van der Waals surface area contributed by atoms with Gasteiger partial charge in [0.2, 0.25) is 0 Å². The molecule has 0 aliphatic carbocycles. The van der Waals surface area contributed by atoms with E-state index >= 15 is 0 Å². The van der Waals surface area contributed by atoms with Crippen LogP contribution in [-0.4, -0.2) is 11.9 Å². The van der Waals surface area contributed by atoms with Crippen LogP contribution in [0.5, 0.6) is 11.5 Å². The van der Waals surface area contributed by atoms with E-state index in [1.54, 1.807) is 12.1 Å². The predicted molar refractivity (Wildman–Crippen MR) is 128 cm³/mol. The predicted octanol–water partition coefficient (Wildman–Crippen LogP) is 8.43. The van der Waals surface area contributed by atoms with Crippen molar-refractivity contribution in [1.29, 1.82) is 0 Å². The van der Waals surface area contributed by atoms with Gasteiger partial charge in [0.05, 0.1) is 0 Å². The molecule has 1 aromatic rings. The number of carbonyl (C=O) groups excluding carboxylic acids is 2. The summed E-state index contributed by atoms with van der Waals surface area (Å²) in [6.07, 6.45) is 16.7. The standard InChI is InChI=1S/C26H41ClO4/c1-3-5-7-9-11-13-15-17-25(28)30-23-20-19-22(27)21-24(23)31-26(29)18-16-14-12-10-8-6-4-2/h19-21H,3-18H2,1-2H3. The van der Waals surface area contributed by atoms with Crippen LogP contribution in [0, 0.1) is 0 Å². The highest BCUT2D eigenvalue weighted by Crippen LogP contribution is 2.31. The summed E-state index contributed by atoms with van der Waals surface area (Å²) in [5.41, 5.74) is 0. The summed E-state index contributed by atoms with van der Waals surface area (Å²) in [7, 11) is 0. The van der Waals surface area contributed by atoms with E-state index in [9.17, 15) is 9.59 Å². The lowest BCUT2D eigenvalue weighted by atomic mass is 10.1. The Hall–Kier alpha value is -1.55. The van der Waals surface area contributed by atoms with Gasteiger partial charge in [0.1, 0.15) is 0 Å². The summed E-state index contributed by atoms with van der Waals surface area (Å²) in [5, 5.41) is 0.436. The number of hydrogen-bond acceptors (Lipinski definition) is 4. The molecule has 0 saturated heterocycles. The minimum atomic E-state index is -0.319. The molecule has 1 rings (SSSR count). The zero-order chi connectivity index (χ0) is 22.7. The van der Waals surface area contributed by atoms with Gasteiger partial charge in [-0.25, -0.2) is 0 Å². The molecule has 0 spiro atoms. The Morgan fingerprint density at radius 3 is 1.55 bits per heavy atom. The number of unbranched alkanes of at least 4 members (excludes halogenated alkanes) is 12. The molecule has 0 aromatic heterocycles. The Kier molecular flexibility index (Phi) is 16.0. The van der Waals surface area contributed by atoms with E-state index in [0.29, 0.717) is 17.9 Å². The van der Waals surface area contributed by atoms with Crippen molar-refractivity contribution in [3.63, 3.8) is 0 Å². The Morgan fingerprint density at radius 2 is 1.06 bits per heavy atom. The molecular weight excluding hydrogens is 412 g/mol. The lowest BCUT2D eigenvalue weighted by Gasteiger charge is -2.11. The van der Waals surface area contributed by atoms with Gasteiger partial charge in [-0.05, 0) is 25.0 Å². The molecule has 0 aliphatic heterocycles. The molecule has 0 saturated carbocycles. The van der Waals surface area contributed by atoms with Crippen molar-refractivity contribution in [1.82, 2.24) is 0 Å². The quantitative estimate of drug-likeness (QED) is 0.127. The minimum absolute atomic E-state index is 0.216. The molecule has 5 heteroatoms. The van der Waals surface area contributed by atoms with Crippen LogP contribution in [-0.2, 0) is 9.59 Å². The Labute approximate surface area is 194 Å². The fraction of sp³-hybridized carbons (Fsp3) is 0.692. The number of benzene rings is 1. The smallest absolute Gasteiger partial charge is 0.311 e. The van der Waals surface area contributed by atoms with Crippen molar-refractivity contribution >= 4 is 23.5 Å². The van der Waals surface area contributed by atoms with Crippen molar-refractivity contribution in [2.75, 3.05) is 0 Å². The molecule has 0 atom stereocenters. The SMILES string of the molecule is CCCCCCCCCC(=O)Oc1ccc(Cl)cc1OC(=O)CCCCCCCCC. The van der Waals surface area contributed by atoms with Crippen LogP contribution in [0.3, 0.4) is 0 Å². The van der Waals surface area contributed by atoms with E-state index in [-0.39, 0.29) is 23.4 Å². The van der Waals surface area contributed by atoms with E-state index in [1.165, 1.54) is 57.4 Å². The van der Waals surface area contributed by atoms with Gasteiger partial charge in [0.15, 0.2) is 11.5 Å². The number of rotatable bonds is 18. The summed E-state index contributed by atoms with van der Waals surface area (Å²) in [5.74, 6) is -0.154. The van der Waals surface area contributed by atoms with Gasteiger partial charge in [-0.3, -0.25) is 9.59 Å². The molecule has 0 fully saturated rings. The topological polar surface area (TPSA) is 52.6 Å². The highest BCUT2D eigenvalue weighted by atomic mass is 35.5. The maximum Gasteiger partial charge on any atom is 0.311 e. The van der Waals surface area contributed by atoms with Gasteiger partial charge in [0, 0.05) is 23.9 Å². The van der Waals surface area contributed by atoms with Crippen LogP contribution in [0.1, 0.15) is 117 Å². The third-order valence-corrected chi connectivity index (χ3v) is 5.56. The average Bonchev–Trinajstić information content (AvgIpc) is 2.74. The highest BCUT2D eigenvalue weighted by Gasteiger charge is 2.14. The first-order chi connectivity index (χ1) is 15.1. The van der Waals surface area contributed by atoms with Gasteiger partial charge >= 0.3 is 11.9 Å². The first-order valence-corrected chi connectivity index (χ1v) is 12.7. The fourth-order valence-electron chi connectivity index (χ4n) is 3.45. The molecule has 0 amide bonds. The molecule has 31 heavy (non-hydrogen) atoms. The number of carbonyl (C=O) groups is 2. The van der Waals surface area contributed by atoms with Crippen LogP contribution >= 0.6 is 11.6 Å². The average molecular weight is 453 g/mol. The second-order valence-electron chi connectivity index (χ2n) is 8.28. The van der Waals surface area contributed by atoms with E-state index in [4.69, 9.17) is 21.1 Å². The van der Waals surface area contributed by atoms with Gasteiger partial charge in [-0.2, -0.15) is 0 Å². The maximum absolute atomic E-state index is 12.2. The third kappa shape index (κ3) is 14.2. The monoisotopic (exact) mass is 452 g/mol. The van der Waals surface area contributed by atoms with Crippen LogP contribution in [0.2, 0.25) is 5.02 Å². The van der Waals surface area contributed by atoms with Crippen LogP contribution in [0.25, 0.3) is 0 Å². The summed E-state index contributed by atoms with van der Waals surface area (Å²) >= 11 is 6.05. The van der Waals surface area contributed by atoms with E-state index in [0.717, 1.165) is 38.5 Å². The van der Waals surface area contributed by atoms with Gasteiger partial charge in [-0.1, -0.05) is 102 Å². The molecule has 1 aromatic carbocycles. The van der Waals surface area contributed by atoms with E-state index < -0.39 is 0 Å². The van der Waals surface area contributed by atoms with Crippen LogP contribution in [0.4, 0.5) is 0 Å². The second kappa shape index (κ2) is 18.1. The summed E-state index contributed by atoms with van der Waals surface area (Å²) in [6, 6.07) is 4.74. The molecule has 176 valence electrons. The van der Waals surface area contributed by atoms with Gasteiger partial charge in [-0.15, -0.1) is 0 Å². The van der Waals surface area contributed by atoms with Crippen molar-refractivity contribution in [2.45, 2.75) is 117 Å². The van der Waals surface area contributed by atoms with E-state index in [1.807, 2.05) is 0 Å². The van der Waals surface area contributed by atoms with Crippen LogP contribution < -0.4 is 9.47 Å².